The molecular formula is C23H28F3N5O2S. The molecule has 1 saturated carbocycles. The van der Waals surface area contributed by atoms with Gasteiger partial charge in [-0.05, 0) is 31.4 Å². The van der Waals surface area contributed by atoms with E-state index < -0.39 is 18.0 Å². The molecule has 1 saturated heterocycles. The van der Waals surface area contributed by atoms with Gasteiger partial charge in [0.05, 0.1) is 23.2 Å². The van der Waals surface area contributed by atoms with E-state index in [-0.39, 0.29) is 29.3 Å². The van der Waals surface area contributed by atoms with Gasteiger partial charge >= 0.3 is 11.9 Å². The average Bonchev–Trinajstić information content (AvgIpc) is 3.46. The lowest BCUT2D eigenvalue weighted by Crippen LogP contribution is -2.26. The highest BCUT2D eigenvalue weighted by molar-refractivity contribution is 7.99. The molecule has 2 N–H and O–H groups in total. The predicted molar refractivity (Wildman–Crippen MR) is 124 cm³/mol. The Morgan fingerprint density at radius 2 is 1.97 bits per heavy atom. The fourth-order valence-electron chi connectivity index (χ4n) is 4.60. The summed E-state index contributed by atoms with van der Waals surface area (Å²) in [4.78, 5) is 20.5. The summed E-state index contributed by atoms with van der Waals surface area (Å²) in [7, 11) is 1.03. The van der Waals surface area contributed by atoms with Gasteiger partial charge in [0.25, 0.3) is 0 Å². The Morgan fingerprint density at radius 1 is 1.21 bits per heavy atom. The molecular weight excluding hydrogens is 467 g/mol. The van der Waals surface area contributed by atoms with E-state index in [9.17, 15) is 18.0 Å². The monoisotopic (exact) mass is 495 g/mol. The zero-order valence-electron chi connectivity index (χ0n) is 19.0. The number of nitrogens with two attached hydrogens (primary N) is 1. The van der Waals surface area contributed by atoms with E-state index in [0.717, 1.165) is 57.8 Å². The van der Waals surface area contributed by atoms with Crippen LogP contribution in [0.1, 0.15) is 79.4 Å². The molecule has 34 heavy (non-hydrogen) atoms. The van der Waals surface area contributed by atoms with Crippen LogP contribution in [0.2, 0.25) is 0 Å². The van der Waals surface area contributed by atoms with Crippen LogP contribution in [0, 0.1) is 11.8 Å². The Hall–Kier alpha value is -2.45. The smallest absolute Gasteiger partial charge is 0.382 e. The van der Waals surface area contributed by atoms with E-state index >= 15 is 0 Å². The van der Waals surface area contributed by atoms with Gasteiger partial charge in [0.2, 0.25) is 0 Å². The number of methoxy groups -OCH3 is 1. The van der Waals surface area contributed by atoms with Gasteiger partial charge in [0, 0.05) is 25.4 Å². The summed E-state index contributed by atoms with van der Waals surface area (Å²) >= 11 is 1.69. The molecule has 7 nitrogen and oxygen atoms in total. The lowest BCUT2D eigenvalue weighted by atomic mass is 9.88. The topological polar surface area (TPSA) is 88.0 Å². The molecule has 1 aliphatic carbocycles. The molecule has 0 aromatic carbocycles. The lowest BCUT2D eigenvalue weighted by Gasteiger charge is -2.21. The number of anilines is 1. The molecule has 3 heterocycles. The van der Waals surface area contributed by atoms with Crippen molar-refractivity contribution in [3.63, 3.8) is 0 Å². The van der Waals surface area contributed by atoms with E-state index in [1.165, 1.54) is 6.20 Å². The van der Waals surface area contributed by atoms with E-state index in [1.54, 1.807) is 27.1 Å². The maximum absolute atomic E-state index is 13.5. The molecule has 11 heteroatoms. The van der Waals surface area contributed by atoms with Gasteiger partial charge in [-0.3, -0.25) is 4.57 Å². The zero-order chi connectivity index (χ0) is 24.3. The van der Waals surface area contributed by atoms with Gasteiger partial charge in [-0.2, -0.15) is 18.2 Å². The normalized spacial score (nSPS) is 20.2. The number of nitrogen functional groups attached to an aromatic ring is 1. The minimum atomic E-state index is -4.56. The first-order chi connectivity index (χ1) is 16.3. The third-order valence-electron chi connectivity index (χ3n) is 6.27. The molecule has 0 spiro atoms. The van der Waals surface area contributed by atoms with Crippen molar-refractivity contribution in [2.75, 3.05) is 18.6 Å². The molecule has 0 radical (unpaired) electrons. The second-order valence-electron chi connectivity index (χ2n) is 8.64. The summed E-state index contributed by atoms with van der Waals surface area (Å²) < 4.78 is 48.3. The second kappa shape index (κ2) is 10.4. The Labute approximate surface area is 200 Å². The largest absolute Gasteiger partial charge is 0.420 e. The number of hydrogen-bond donors (Lipinski definition) is 1. The highest BCUT2D eigenvalue weighted by Crippen LogP contribution is 2.38. The molecule has 2 fully saturated rings. The van der Waals surface area contributed by atoms with Crippen LogP contribution in [-0.4, -0.2) is 38.1 Å². The Balaban J connectivity index is 1.63. The quantitative estimate of drug-likeness (QED) is 0.619. The fourth-order valence-corrected chi connectivity index (χ4v) is 5.85. The number of alkyl halides is 3. The minimum Gasteiger partial charge on any atom is -0.382 e. The second-order valence-corrected chi connectivity index (χ2v) is 9.93. The first-order valence-corrected chi connectivity index (χ1v) is 12.5. The number of halogens is 3. The van der Waals surface area contributed by atoms with Crippen molar-refractivity contribution >= 4 is 17.6 Å². The van der Waals surface area contributed by atoms with Gasteiger partial charge < -0.3 is 15.0 Å². The molecule has 2 aliphatic rings. The molecule has 2 aromatic rings. The molecule has 0 bridgehead atoms. The van der Waals surface area contributed by atoms with Gasteiger partial charge in [-0.15, -0.1) is 11.8 Å². The fraction of sp³-hybridized carbons (Fsp3) is 0.609. The summed E-state index contributed by atoms with van der Waals surface area (Å²) in [6, 6.07) is 0. The number of ether oxygens (including phenoxy) is 1. The maximum Gasteiger partial charge on any atom is 0.420 e. The third-order valence-corrected chi connectivity index (χ3v) is 7.64. The summed E-state index contributed by atoms with van der Waals surface area (Å²) in [6.07, 6.45) is 3.21. The summed E-state index contributed by atoms with van der Waals surface area (Å²) in [6.45, 7) is 0.143. The average molecular weight is 496 g/mol. The lowest BCUT2D eigenvalue weighted by molar-refractivity contribution is -0.217. The molecule has 4 rings (SSSR count). The van der Waals surface area contributed by atoms with Crippen molar-refractivity contribution in [3.8, 4) is 11.8 Å². The standard InChI is InChI=1S/C23H28F3N5O2S/c1-33-19(23(24,25)26)17-14-30(21(28-17)15-7-3-2-4-8-15)11-5-9-16-13-31(18-10-6-12-34-18)22(32)29-20(16)27/h13-15,18-19H,2-4,6-8,10-12H2,1H3,(H2,27,29,32). The summed E-state index contributed by atoms with van der Waals surface area (Å²) in [5, 5.41) is 0.0172. The van der Waals surface area contributed by atoms with Crippen molar-refractivity contribution < 1.29 is 17.9 Å². The van der Waals surface area contributed by atoms with E-state index in [2.05, 4.69) is 21.8 Å². The van der Waals surface area contributed by atoms with Crippen molar-refractivity contribution in [1.29, 1.82) is 0 Å². The third kappa shape index (κ3) is 5.44. The van der Waals surface area contributed by atoms with Crippen LogP contribution in [0.4, 0.5) is 19.0 Å². The zero-order valence-corrected chi connectivity index (χ0v) is 19.8. The first-order valence-electron chi connectivity index (χ1n) is 11.4. The summed E-state index contributed by atoms with van der Waals surface area (Å²) in [5.41, 5.74) is 5.79. The van der Waals surface area contributed by atoms with Crippen molar-refractivity contribution in [2.45, 2.75) is 75.1 Å². The van der Waals surface area contributed by atoms with E-state index in [4.69, 9.17) is 10.5 Å². The van der Waals surface area contributed by atoms with Gasteiger partial charge in [0.15, 0.2) is 6.10 Å². The SMILES string of the molecule is COC(c1cn(CC#Cc2cn(C3CCCS3)c(=O)nc2N)c(C2CCCCC2)n1)C(F)(F)F. The molecule has 1 aliphatic heterocycles. The van der Waals surface area contributed by atoms with Crippen LogP contribution in [0.3, 0.4) is 0 Å². The van der Waals surface area contributed by atoms with E-state index in [0.29, 0.717) is 11.4 Å². The summed E-state index contributed by atoms with van der Waals surface area (Å²) in [5.74, 6) is 7.67. The van der Waals surface area contributed by atoms with Gasteiger partial charge in [0.1, 0.15) is 11.6 Å². The number of rotatable bonds is 5. The van der Waals surface area contributed by atoms with Gasteiger partial charge in [-0.1, -0.05) is 31.1 Å². The van der Waals surface area contributed by atoms with Gasteiger partial charge in [-0.25, -0.2) is 9.78 Å². The first kappa shape index (κ1) is 24.7. The molecule has 184 valence electrons. The van der Waals surface area contributed by atoms with Crippen LogP contribution in [0.25, 0.3) is 0 Å². The van der Waals surface area contributed by atoms with Crippen LogP contribution in [-0.2, 0) is 11.3 Å². The van der Waals surface area contributed by atoms with E-state index in [1.807, 2.05) is 0 Å². The Kier molecular flexibility index (Phi) is 7.57. The van der Waals surface area contributed by atoms with Crippen LogP contribution < -0.4 is 11.4 Å². The molecule has 2 unspecified atom stereocenters. The van der Waals surface area contributed by atoms with Crippen molar-refractivity contribution in [1.82, 2.24) is 19.1 Å². The molecule has 0 amide bonds. The number of hydrogen-bond acceptors (Lipinski definition) is 6. The number of nitrogens with zero attached hydrogens (tertiary/aromatic N) is 4. The molecule has 2 aromatic heterocycles. The highest BCUT2D eigenvalue weighted by Gasteiger charge is 2.43. The predicted octanol–water partition coefficient (Wildman–Crippen LogP) is 4.40. The number of imidazole rings is 1. The van der Waals surface area contributed by atoms with Crippen LogP contribution in [0.15, 0.2) is 17.2 Å². The number of thioether (sulfide) groups is 1. The van der Waals surface area contributed by atoms with Crippen LogP contribution >= 0.6 is 11.8 Å². The maximum atomic E-state index is 13.5. The van der Waals surface area contributed by atoms with Crippen molar-refractivity contribution in [3.05, 3.63) is 40.0 Å². The number of aromatic nitrogens is 4. The Bertz CT molecular complexity index is 1120. The highest BCUT2D eigenvalue weighted by atomic mass is 32.2. The van der Waals surface area contributed by atoms with Crippen LogP contribution in [0.5, 0.6) is 0 Å². The Morgan fingerprint density at radius 3 is 2.62 bits per heavy atom. The molecule has 2 atom stereocenters. The minimum absolute atomic E-state index is 0.0172. The van der Waals surface area contributed by atoms with Crippen molar-refractivity contribution in [2.24, 2.45) is 0 Å².